The minimum atomic E-state index is -0.919. The van der Waals surface area contributed by atoms with Crippen molar-refractivity contribution in [3.63, 3.8) is 0 Å². The Balaban J connectivity index is 1.19. The van der Waals surface area contributed by atoms with E-state index in [0.717, 1.165) is 64.9 Å². The summed E-state index contributed by atoms with van der Waals surface area (Å²) in [5.74, 6) is 1.17. The van der Waals surface area contributed by atoms with E-state index in [9.17, 15) is 19.5 Å². The van der Waals surface area contributed by atoms with Crippen LogP contribution in [-0.4, -0.2) is 79.2 Å². The van der Waals surface area contributed by atoms with Crippen molar-refractivity contribution in [1.82, 2.24) is 35.1 Å². The first-order valence-corrected chi connectivity index (χ1v) is 15.0. The topological polar surface area (TPSA) is 157 Å². The summed E-state index contributed by atoms with van der Waals surface area (Å²) in [5.41, 5.74) is 5.56. The second-order valence-corrected chi connectivity index (χ2v) is 11.8. The predicted molar refractivity (Wildman–Crippen MR) is 164 cm³/mol. The molecular formula is C32H37N7O5. The van der Waals surface area contributed by atoms with Gasteiger partial charge in [0.25, 0.3) is 0 Å². The molecule has 2 aliphatic heterocycles. The number of carbonyl (C=O) groups excluding carboxylic acids is 2. The number of amides is 3. The SMILES string of the molecule is COC(=O)N[C@H](C(=O)N1CCC[C@H]1c1nc2ccc(-c3ccc(-c4cnc([C@@H]5CCCN5C(=O)O)[nH]4)cc3)cc2[nH]1)C(C)C. The number of rotatable bonds is 7. The number of benzene rings is 2. The molecule has 4 heterocycles. The number of imidazole rings is 2. The van der Waals surface area contributed by atoms with E-state index in [2.05, 4.69) is 26.3 Å². The van der Waals surface area contributed by atoms with E-state index < -0.39 is 18.2 Å². The van der Waals surface area contributed by atoms with Crippen LogP contribution in [0.1, 0.15) is 63.3 Å². The van der Waals surface area contributed by atoms with Crippen LogP contribution in [0, 0.1) is 5.92 Å². The summed E-state index contributed by atoms with van der Waals surface area (Å²) >= 11 is 0. The summed E-state index contributed by atoms with van der Waals surface area (Å²) in [6.07, 6.45) is 3.44. The third-order valence-corrected chi connectivity index (χ3v) is 8.68. The number of nitrogens with one attached hydrogen (secondary N) is 3. The second kappa shape index (κ2) is 12.0. The van der Waals surface area contributed by atoms with E-state index >= 15 is 0 Å². The van der Waals surface area contributed by atoms with Crippen molar-refractivity contribution in [2.75, 3.05) is 20.2 Å². The summed E-state index contributed by atoms with van der Waals surface area (Å²) in [5, 5.41) is 12.2. The highest BCUT2D eigenvalue weighted by molar-refractivity contribution is 5.87. The van der Waals surface area contributed by atoms with Gasteiger partial charge in [-0.3, -0.25) is 9.69 Å². The summed E-state index contributed by atoms with van der Waals surface area (Å²) in [6.45, 7) is 4.92. The molecule has 2 aliphatic rings. The number of fused-ring (bicyclic) bond motifs is 1. The van der Waals surface area contributed by atoms with E-state index in [1.165, 1.54) is 12.0 Å². The fraction of sp³-hybridized carbons (Fsp3) is 0.406. The van der Waals surface area contributed by atoms with Gasteiger partial charge in [-0.1, -0.05) is 44.2 Å². The summed E-state index contributed by atoms with van der Waals surface area (Å²) < 4.78 is 4.74. The Morgan fingerprint density at radius 1 is 0.932 bits per heavy atom. The second-order valence-electron chi connectivity index (χ2n) is 11.8. The number of H-pyrrole nitrogens is 2. The van der Waals surface area contributed by atoms with Gasteiger partial charge in [0.15, 0.2) is 0 Å². The van der Waals surface area contributed by atoms with Crippen molar-refractivity contribution in [2.45, 2.75) is 57.7 Å². The molecule has 12 nitrogen and oxygen atoms in total. The minimum Gasteiger partial charge on any atom is -0.465 e. The smallest absolute Gasteiger partial charge is 0.407 e. The number of carbonyl (C=O) groups is 3. The largest absolute Gasteiger partial charge is 0.465 e. The van der Waals surface area contributed by atoms with Gasteiger partial charge in [0, 0.05) is 13.1 Å². The highest BCUT2D eigenvalue weighted by atomic mass is 16.5. The molecule has 0 spiro atoms. The number of ether oxygens (including phenoxy) is 1. The summed E-state index contributed by atoms with van der Waals surface area (Å²) in [4.78, 5) is 56.3. The van der Waals surface area contributed by atoms with Crippen molar-refractivity contribution in [3.05, 3.63) is 60.3 Å². The number of methoxy groups -OCH3 is 1. The standard InChI is InChI=1S/C32H37N7O5/c1-18(2)27(37-31(41)44-3)30(40)38-14-4-7-26(38)29-34-22-13-12-21(16-23(22)35-29)19-8-10-20(11-9-19)24-17-33-28(36-24)25-6-5-15-39(25)32(42)43/h8-13,16-18,25-27H,4-7,14-15H2,1-3H3,(H,33,36)(H,34,35)(H,37,41)(H,42,43)/t25-,26-,27-/m0/s1. The normalized spacial score (nSPS) is 19.1. The molecule has 2 aromatic carbocycles. The van der Waals surface area contributed by atoms with Gasteiger partial charge >= 0.3 is 12.2 Å². The average Bonchev–Trinajstić information content (AvgIpc) is 3.84. The minimum absolute atomic E-state index is 0.0996. The molecule has 0 bridgehead atoms. The zero-order valence-electron chi connectivity index (χ0n) is 25.0. The number of nitrogens with zero attached hydrogens (tertiary/aromatic N) is 4. The van der Waals surface area contributed by atoms with Crippen molar-refractivity contribution in [3.8, 4) is 22.4 Å². The predicted octanol–water partition coefficient (Wildman–Crippen LogP) is 5.48. The molecule has 4 aromatic rings. The molecule has 3 atom stereocenters. The highest BCUT2D eigenvalue weighted by Crippen LogP contribution is 2.35. The number of aromatic nitrogens is 4. The van der Waals surface area contributed by atoms with Crippen LogP contribution in [0.5, 0.6) is 0 Å². The van der Waals surface area contributed by atoms with Crippen LogP contribution < -0.4 is 5.32 Å². The van der Waals surface area contributed by atoms with Crippen molar-refractivity contribution < 1.29 is 24.2 Å². The molecule has 44 heavy (non-hydrogen) atoms. The van der Waals surface area contributed by atoms with Gasteiger partial charge in [-0.15, -0.1) is 0 Å². The first kappa shape index (κ1) is 29.2. The van der Waals surface area contributed by atoms with Crippen molar-refractivity contribution in [1.29, 1.82) is 0 Å². The van der Waals surface area contributed by atoms with E-state index in [4.69, 9.17) is 9.72 Å². The lowest BCUT2D eigenvalue weighted by atomic mass is 10.0. The molecular weight excluding hydrogens is 562 g/mol. The molecule has 12 heteroatoms. The Hall–Kier alpha value is -4.87. The number of hydrogen-bond acceptors (Lipinski definition) is 6. The highest BCUT2D eigenvalue weighted by Gasteiger charge is 2.37. The average molecular weight is 600 g/mol. The van der Waals surface area contributed by atoms with Crippen LogP contribution in [0.4, 0.5) is 9.59 Å². The van der Waals surface area contributed by atoms with Crippen LogP contribution >= 0.6 is 0 Å². The molecule has 0 aliphatic carbocycles. The molecule has 0 unspecified atom stereocenters. The quantitative estimate of drug-likeness (QED) is 0.219. The number of hydrogen-bond donors (Lipinski definition) is 4. The van der Waals surface area contributed by atoms with Gasteiger partial charge in [0.2, 0.25) is 5.91 Å². The number of aromatic amines is 2. The van der Waals surface area contributed by atoms with Gasteiger partial charge in [-0.2, -0.15) is 0 Å². The first-order valence-electron chi connectivity index (χ1n) is 15.0. The summed E-state index contributed by atoms with van der Waals surface area (Å²) in [7, 11) is 1.29. The van der Waals surface area contributed by atoms with E-state index in [-0.39, 0.29) is 23.9 Å². The van der Waals surface area contributed by atoms with Gasteiger partial charge in [0.05, 0.1) is 42.1 Å². The Labute approximate surface area is 254 Å². The molecule has 3 amide bonds. The Morgan fingerprint density at radius 3 is 2.27 bits per heavy atom. The zero-order chi connectivity index (χ0) is 31.0. The lowest BCUT2D eigenvalue weighted by Gasteiger charge is -2.29. The van der Waals surface area contributed by atoms with Crippen LogP contribution in [-0.2, 0) is 9.53 Å². The number of carboxylic acid groups (broad SMARTS) is 1. The Morgan fingerprint density at radius 2 is 1.59 bits per heavy atom. The van der Waals surface area contributed by atoms with Crippen LogP contribution in [0.15, 0.2) is 48.7 Å². The summed E-state index contributed by atoms with van der Waals surface area (Å²) in [6, 6.07) is 13.1. The van der Waals surface area contributed by atoms with Crippen molar-refractivity contribution >= 4 is 29.1 Å². The fourth-order valence-electron chi connectivity index (χ4n) is 6.33. The first-order chi connectivity index (χ1) is 21.2. The lowest BCUT2D eigenvalue weighted by molar-refractivity contribution is -0.135. The third kappa shape index (κ3) is 5.59. The molecule has 2 saturated heterocycles. The van der Waals surface area contributed by atoms with Crippen LogP contribution in [0.3, 0.4) is 0 Å². The Bertz CT molecular complexity index is 1680. The number of likely N-dealkylation sites (tertiary alicyclic amines) is 2. The maximum Gasteiger partial charge on any atom is 0.407 e. The maximum atomic E-state index is 13.5. The monoisotopic (exact) mass is 599 g/mol. The molecule has 0 saturated carbocycles. The van der Waals surface area contributed by atoms with Gasteiger partial charge in [0.1, 0.15) is 17.7 Å². The molecule has 2 aromatic heterocycles. The van der Waals surface area contributed by atoms with Crippen molar-refractivity contribution in [2.24, 2.45) is 5.92 Å². The van der Waals surface area contributed by atoms with E-state index in [1.54, 1.807) is 6.20 Å². The third-order valence-electron chi connectivity index (χ3n) is 8.68. The van der Waals surface area contributed by atoms with Gasteiger partial charge in [-0.05, 0) is 60.4 Å². The van der Waals surface area contributed by atoms with E-state index in [0.29, 0.717) is 18.9 Å². The molecule has 0 radical (unpaired) electrons. The molecule has 230 valence electrons. The van der Waals surface area contributed by atoms with Crippen LogP contribution in [0.25, 0.3) is 33.4 Å². The molecule has 4 N–H and O–H groups in total. The van der Waals surface area contributed by atoms with Gasteiger partial charge < -0.3 is 30.0 Å². The Kier molecular flexibility index (Phi) is 7.98. The number of alkyl carbamates (subject to hydrolysis) is 1. The maximum absolute atomic E-state index is 13.5. The molecule has 6 rings (SSSR count). The molecule has 2 fully saturated rings. The zero-order valence-corrected chi connectivity index (χ0v) is 25.0. The van der Waals surface area contributed by atoms with Crippen LogP contribution in [0.2, 0.25) is 0 Å². The fourth-order valence-corrected chi connectivity index (χ4v) is 6.33. The van der Waals surface area contributed by atoms with Gasteiger partial charge in [-0.25, -0.2) is 19.6 Å². The lowest BCUT2D eigenvalue weighted by Crippen LogP contribution is -2.51. The van der Waals surface area contributed by atoms with E-state index in [1.807, 2.05) is 55.1 Å².